The van der Waals surface area contributed by atoms with Crippen LogP contribution in [-0.2, 0) is 10.0 Å². The van der Waals surface area contributed by atoms with Crippen LogP contribution in [0.5, 0.6) is 0 Å². The second kappa shape index (κ2) is 4.39. The van der Waals surface area contributed by atoms with Crippen LogP contribution < -0.4 is 4.72 Å². The van der Waals surface area contributed by atoms with Crippen LogP contribution in [0.1, 0.15) is 27.2 Å². The summed E-state index contributed by atoms with van der Waals surface area (Å²) in [7, 11) is -3.03. The Morgan fingerprint density at radius 1 is 1.40 bits per heavy atom. The maximum atomic E-state index is 10.9. The lowest BCUT2D eigenvalue weighted by Crippen LogP contribution is -2.40. The third-order valence-corrected chi connectivity index (χ3v) is 3.56. The summed E-state index contributed by atoms with van der Waals surface area (Å²) in [6, 6.07) is 0. The molecule has 4 nitrogen and oxygen atoms in total. The van der Waals surface area contributed by atoms with Crippen LogP contribution in [0, 0.1) is 5.92 Å². The van der Waals surface area contributed by atoms with Crippen molar-refractivity contribution in [1.82, 2.24) is 9.62 Å². The zero-order chi connectivity index (χ0) is 11.7. The molecule has 0 aromatic rings. The average Bonchev–Trinajstić information content (AvgIpc) is 2.45. The van der Waals surface area contributed by atoms with Crippen LogP contribution in [0.25, 0.3) is 0 Å². The molecule has 1 N–H and O–H groups in total. The number of rotatable bonds is 3. The molecule has 1 fully saturated rings. The van der Waals surface area contributed by atoms with Crippen LogP contribution in [0.4, 0.5) is 0 Å². The minimum atomic E-state index is -3.03. The van der Waals surface area contributed by atoms with Gasteiger partial charge in [0.25, 0.3) is 0 Å². The zero-order valence-corrected chi connectivity index (χ0v) is 10.9. The summed E-state index contributed by atoms with van der Waals surface area (Å²) < 4.78 is 24.5. The van der Waals surface area contributed by atoms with Gasteiger partial charge in [-0.3, -0.25) is 4.90 Å². The fourth-order valence-electron chi connectivity index (χ4n) is 1.88. The van der Waals surface area contributed by atoms with Crippen molar-refractivity contribution in [2.45, 2.75) is 32.7 Å². The first-order valence-corrected chi connectivity index (χ1v) is 7.27. The van der Waals surface area contributed by atoms with Crippen molar-refractivity contribution in [3.63, 3.8) is 0 Å². The van der Waals surface area contributed by atoms with Crippen molar-refractivity contribution in [2.24, 2.45) is 5.92 Å². The predicted octanol–water partition coefficient (Wildman–Crippen LogP) is 0.656. The number of nitrogens with zero attached hydrogens (tertiary/aromatic N) is 1. The number of likely N-dealkylation sites (tertiary alicyclic amines) is 1. The Kier molecular flexibility index (Phi) is 3.79. The Balaban J connectivity index is 2.38. The predicted molar refractivity (Wildman–Crippen MR) is 62.3 cm³/mol. The van der Waals surface area contributed by atoms with E-state index < -0.39 is 10.0 Å². The second-order valence-corrected chi connectivity index (χ2v) is 7.23. The highest BCUT2D eigenvalue weighted by Gasteiger charge is 2.30. The summed E-state index contributed by atoms with van der Waals surface area (Å²) in [5, 5.41) is 0. The highest BCUT2D eigenvalue weighted by atomic mass is 32.2. The Morgan fingerprint density at radius 3 is 2.40 bits per heavy atom. The largest absolute Gasteiger partial charge is 0.298 e. The highest BCUT2D eigenvalue weighted by molar-refractivity contribution is 7.88. The van der Waals surface area contributed by atoms with Gasteiger partial charge in [-0.2, -0.15) is 0 Å². The molecule has 0 spiro atoms. The highest BCUT2D eigenvalue weighted by Crippen LogP contribution is 2.23. The number of sulfonamides is 1. The molecule has 0 bridgehead atoms. The zero-order valence-electron chi connectivity index (χ0n) is 10.1. The van der Waals surface area contributed by atoms with E-state index in [1.807, 2.05) is 0 Å². The van der Waals surface area contributed by atoms with E-state index in [0.29, 0.717) is 12.5 Å². The molecule has 0 aromatic heterocycles. The second-order valence-electron chi connectivity index (χ2n) is 5.39. The topological polar surface area (TPSA) is 49.4 Å². The minimum absolute atomic E-state index is 0.194. The van der Waals surface area contributed by atoms with Crippen LogP contribution in [0.2, 0.25) is 0 Å². The molecular formula is C10H22N2O2S. The van der Waals surface area contributed by atoms with E-state index in [1.165, 1.54) is 6.26 Å². The van der Waals surface area contributed by atoms with Gasteiger partial charge in [0.15, 0.2) is 0 Å². The summed E-state index contributed by atoms with van der Waals surface area (Å²) in [4.78, 5) is 2.40. The first kappa shape index (κ1) is 12.9. The molecule has 0 amide bonds. The molecule has 15 heavy (non-hydrogen) atoms. The number of hydrogen-bond acceptors (Lipinski definition) is 3. The Morgan fingerprint density at radius 2 is 2.00 bits per heavy atom. The van der Waals surface area contributed by atoms with E-state index in [1.54, 1.807) is 0 Å². The molecule has 1 heterocycles. The first-order valence-electron chi connectivity index (χ1n) is 5.38. The lowest BCUT2D eigenvalue weighted by atomic mass is 10.1. The standard InChI is InChI=1S/C10H22N2O2S/c1-10(2,3)12-6-5-9(8-12)7-11-15(4,13)14/h9,11H,5-8H2,1-4H3. The van der Waals surface area contributed by atoms with Gasteiger partial charge in [-0.1, -0.05) is 0 Å². The van der Waals surface area contributed by atoms with E-state index >= 15 is 0 Å². The molecule has 1 aliphatic rings. The smallest absolute Gasteiger partial charge is 0.208 e. The average molecular weight is 234 g/mol. The van der Waals surface area contributed by atoms with Crippen molar-refractivity contribution in [1.29, 1.82) is 0 Å². The van der Waals surface area contributed by atoms with Gasteiger partial charge in [-0.05, 0) is 39.7 Å². The summed E-state index contributed by atoms with van der Waals surface area (Å²) in [6.45, 7) is 9.22. The van der Waals surface area contributed by atoms with Crippen LogP contribution in [-0.4, -0.2) is 44.7 Å². The molecule has 0 radical (unpaired) electrons. The fraction of sp³-hybridized carbons (Fsp3) is 1.00. The first-order chi connectivity index (χ1) is 6.68. The van der Waals surface area contributed by atoms with Crippen molar-refractivity contribution >= 4 is 10.0 Å². The Labute approximate surface area is 93.1 Å². The van der Waals surface area contributed by atoms with Crippen molar-refractivity contribution < 1.29 is 8.42 Å². The molecule has 0 saturated carbocycles. The van der Waals surface area contributed by atoms with E-state index in [9.17, 15) is 8.42 Å². The van der Waals surface area contributed by atoms with Gasteiger partial charge in [0, 0.05) is 18.6 Å². The SMILES string of the molecule is CC(C)(C)N1CCC(CNS(C)(=O)=O)C1. The molecular weight excluding hydrogens is 212 g/mol. The Bertz CT molecular complexity index is 306. The van der Waals surface area contributed by atoms with Crippen LogP contribution in [0.3, 0.4) is 0 Å². The quantitative estimate of drug-likeness (QED) is 0.780. The third kappa shape index (κ3) is 4.49. The van der Waals surface area contributed by atoms with Gasteiger partial charge in [-0.25, -0.2) is 13.1 Å². The van der Waals surface area contributed by atoms with E-state index in [2.05, 4.69) is 30.4 Å². The van der Waals surface area contributed by atoms with Crippen LogP contribution >= 0.6 is 0 Å². The molecule has 1 atom stereocenters. The molecule has 1 rings (SSSR count). The van der Waals surface area contributed by atoms with Gasteiger partial charge >= 0.3 is 0 Å². The normalized spacial score (nSPS) is 24.7. The molecule has 1 aliphatic heterocycles. The van der Waals surface area contributed by atoms with Crippen LogP contribution in [0.15, 0.2) is 0 Å². The monoisotopic (exact) mass is 234 g/mol. The summed E-state index contributed by atoms with van der Waals surface area (Å²) in [5.41, 5.74) is 0.194. The van der Waals surface area contributed by atoms with E-state index in [4.69, 9.17) is 0 Å². The third-order valence-electron chi connectivity index (χ3n) is 2.87. The maximum Gasteiger partial charge on any atom is 0.208 e. The lowest BCUT2D eigenvalue weighted by Gasteiger charge is -2.31. The number of nitrogens with one attached hydrogen (secondary N) is 1. The Hall–Kier alpha value is -0.130. The molecule has 0 aliphatic carbocycles. The van der Waals surface area contributed by atoms with Gasteiger partial charge in [-0.15, -0.1) is 0 Å². The minimum Gasteiger partial charge on any atom is -0.298 e. The molecule has 5 heteroatoms. The molecule has 1 unspecified atom stereocenters. The van der Waals surface area contributed by atoms with E-state index in [-0.39, 0.29) is 5.54 Å². The van der Waals surface area contributed by atoms with Crippen molar-refractivity contribution in [3.05, 3.63) is 0 Å². The van der Waals surface area contributed by atoms with Gasteiger partial charge < -0.3 is 0 Å². The summed E-state index contributed by atoms with van der Waals surface area (Å²) >= 11 is 0. The maximum absolute atomic E-state index is 10.9. The fourth-order valence-corrected chi connectivity index (χ4v) is 2.42. The molecule has 90 valence electrons. The van der Waals surface area contributed by atoms with Gasteiger partial charge in [0.05, 0.1) is 6.26 Å². The molecule has 1 saturated heterocycles. The van der Waals surface area contributed by atoms with Gasteiger partial charge in [0.2, 0.25) is 10.0 Å². The summed E-state index contributed by atoms with van der Waals surface area (Å²) in [6.07, 6.45) is 2.29. The van der Waals surface area contributed by atoms with E-state index in [0.717, 1.165) is 19.5 Å². The van der Waals surface area contributed by atoms with Crippen molar-refractivity contribution in [2.75, 3.05) is 25.9 Å². The van der Waals surface area contributed by atoms with Gasteiger partial charge in [0.1, 0.15) is 0 Å². The molecule has 0 aromatic carbocycles. The summed E-state index contributed by atoms with van der Waals surface area (Å²) in [5.74, 6) is 0.457. The number of hydrogen-bond donors (Lipinski definition) is 1. The van der Waals surface area contributed by atoms with Crippen molar-refractivity contribution in [3.8, 4) is 0 Å². The lowest BCUT2D eigenvalue weighted by molar-refractivity contribution is 0.168.